The Hall–Kier alpha value is -2.53. The van der Waals surface area contributed by atoms with E-state index in [2.05, 4.69) is 79.6 Å². The van der Waals surface area contributed by atoms with Crippen LogP contribution in [0.1, 0.15) is 53.6 Å². The monoisotopic (exact) mass is 416 g/mol. The second-order valence-electron chi connectivity index (χ2n) is 8.28. The van der Waals surface area contributed by atoms with E-state index >= 15 is 0 Å². The number of hydrogen-bond acceptors (Lipinski definition) is 4. The molecule has 0 amide bonds. The van der Waals surface area contributed by atoms with E-state index in [0.29, 0.717) is 6.04 Å². The summed E-state index contributed by atoms with van der Waals surface area (Å²) in [5.74, 6) is 1.12. The molecular weight excluding hydrogens is 388 g/mol. The highest BCUT2D eigenvalue weighted by atomic mass is 32.2. The number of aliphatic imine (C=N–C) groups is 1. The van der Waals surface area contributed by atoms with Crippen LogP contribution >= 0.6 is 11.8 Å². The summed E-state index contributed by atoms with van der Waals surface area (Å²) in [5, 5.41) is 1.18. The highest BCUT2D eigenvalue weighted by molar-refractivity contribution is 8.14. The van der Waals surface area contributed by atoms with Gasteiger partial charge in [0.05, 0.1) is 11.7 Å². The molecule has 0 spiro atoms. The lowest BCUT2D eigenvalue weighted by Crippen LogP contribution is -2.35. The van der Waals surface area contributed by atoms with E-state index in [1.54, 1.807) is 0 Å². The van der Waals surface area contributed by atoms with Crippen LogP contribution in [0.15, 0.2) is 59.7 Å². The summed E-state index contributed by atoms with van der Waals surface area (Å²) in [7, 11) is 0. The van der Waals surface area contributed by atoms with E-state index in [-0.39, 0.29) is 12.1 Å². The molecular formula is C25H28N4S. The van der Waals surface area contributed by atoms with Crippen LogP contribution in [0.25, 0.3) is 5.69 Å². The molecule has 3 aromatic rings. The summed E-state index contributed by atoms with van der Waals surface area (Å²) in [6.07, 6.45) is 3.02. The molecule has 1 fully saturated rings. The third-order valence-electron chi connectivity index (χ3n) is 6.47. The van der Waals surface area contributed by atoms with Gasteiger partial charge in [-0.05, 0) is 62.6 Å². The van der Waals surface area contributed by atoms with Crippen molar-refractivity contribution in [2.45, 2.75) is 52.2 Å². The van der Waals surface area contributed by atoms with Gasteiger partial charge >= 0.3 is 0 Å². The largest absolute Gasteiger partial charge is 0.338 e. The molecule has 0 saturated carbocycles. The topological polar surface area (TPSA) is 33.4 Å². The van der Waals surface area contributed by atoms with Crippen LogP contribution in [0.2, 0.25) is 0 Å². The summed E-state index contributed by atoms with van der Waals surface area (Å²) in [6, 6.07) is 17.9. The van der Waals surface area contributed by atoms with Crippen LogP contribution in [0.5, 0.6) is 0 Å². The summed E-state index contributed by atoms with van der Waals surface area (Å²) in [4.78, 5) is 12.5. The van der Waals surface area contributed by atoms with E-state index in [1.165, 1.54) is 33.4 Å². The molecule has 30 heavy (non-hydrogen) atoms. The minimum atomic E-state index is 0.0360. The summed E-state index contributed by atoms with van der Waals surface area (Å²) in [5.41, 5.74) is 7.54. The summed E-state index contributed by atoms with van der Waals surface area (Å²) < 4.78 is 2.41. The smallest absolute Gasteiger partial charge is 0.160 e. The van der Waals surface area contributed by atoms with Gasteiger partial charge in [-0.1, -0.05) is 43.0 Å². The maximum Gasteiger partial charge on any atom is 0.160 e. The first kappa shape index (κ1) is 19.4. The molecule has 5 heteroatoms. The number of pyridine rings is 1. The molecule has 3 atom stereocenters. The minimum Gasteiger partial charge on any atom is -0.338 e. The zero-order valence-corrected chi connectivity index (χ0v) is 18.9. The maximum absolute atomic E-state index is 5.18. The average molecular weight is 417 g/mol. The zero-order chi connectivity index (χ0) is 20.8. The molecule has 0 radical (unpaired) electrons. The average Bonchev–Trinajstić information content (AvgIpc) is 3.41. The SMILES string of the molecule is CC[C@@H]1CSC2=N[C@@H](c3ccccn3)[C@H](c3cc(C)n(-c4ccccc4C)c3C)N21. The molecule has 4 nitrogen and oxygen atoms in total. The number of aryl methyl sites for hydroxylation is 2. The van der Waals surface area contributed by atoms with Crippen molar-refractivity contribution in [2.75, 3.05) is 5.75 Å². The van der Waals surface area contributed by atoms with Gasteiger partial charge in [0, 0.05) is 35.1 Å². The molecule has 1 saturated heterocycles. The van der Waals surface area contributed by atoms with Gasteiger partial charge in [0.25, 0.3) is 0 Å². The Morgan fingerprint density at radius 3 is 2.60 bits per heavy atom. The van der Waals surface area contributed by atoms with Crippen molar-refractivity contribution in [2.24, 2.45) is 4.99 Å². The molecule has 5 rings (SSSR count). The highest BCUT2D eigenvalue weighted by Crippen LogP contribution is 2.49. The maximum atomic E-state index is 5.18. The van der Waals surface area contributed by atoms with Gasteiger partial charge in [-0.15, -0.1) is 0 Å². The van der Waals surface area contributed by atoms with Gasteiger partial charge in [0.2, 0.25) is 0 Å². The van der Waals surface area contributed by atoms with Crippen molar-refractivity contribution in [3.05, 3.63) is 82.9 Å². The lowest BCUT2D eigenvalue weighted by molar-refractivity contribution is 0.254. The van der Waals surface area contributed by atoms with E-state index < -0.39 is 0 Å². The quantitative estimate of drug-likeness (QED) is 0.541. The molecule has 2 aromatic heterocycles. The first-order chi connectivity index (χ1) is 14.6. The van der Waals surface area contributed by atoms with Crippen LogP contribution < -0.4 is 0 Å². The Morgan fingerprint density at radius 1 is 1.07 bits per heavy atom. The second-order valence-corrected chi connectivity index (χ2v) is 9.27. The molecule has 1 aromatic carbocycles. The molecule has 0 aliphatic carbocycles. The Balaban J connectivity index is 1.66. The molecule has 0 N–H and O–H groups in total. The Labute approximate surface area is 183 Å². The summed E-state index contributed by atoms with van der Waals surface area (Å²) in [6.45, 7) is 8.94. The van der Waals surface area contributed by atoms with Gasteiger partial charge in [-0.25, -0.2) is 0 Å². The van der Waals surface area contributed by atoms with E-state index in [1.807, 2.05) is 24.0 Å². The second kappa shape index (κ2) is 7.62. The van der Waals surface area contributed by atoms with Gasteiger partial charge in [-0.2, -0.15) is 0 Å². The van der Waals surface area contributed by atoms with Crippen molar-refractivity contribution >= 4 is 16.9 Å². The van der Waals surface area contributed by atoms with E-state index in [0.717, 1.165) is 17.9 Å². The number of nitrogens with zero attached hydrogens (tertiary/aromatic N) is 4. The Kier molecular flexibility index (Phi) is 4.94. The van der Waals surface area contributed by atoms with Crippen LogP contribution in [0.4, 0.5) is 0 Å². The van der Waals surface area contributed by atoms with Crippen LogP contribution in [-0.2, 0) is 0 Å². The first-order valence-corrected chi connectivity index (χ1v) is 11.7. The number of rotatable bonds is 4. The summed E-state index contributed by atoms with van der Waals surface area (Å²) >= 11 is 1.90. The van der Waals surface area contributed by atoms with Crippen LogP contribution in [0, 0.1) is 20.8 Å². The lowest BCUT2D eigenvalue weighted by atomic mass is 9.95. The number of hydrogen-bond donors (Lipinski definition) is 0. The fraction of sp³-hybridized carbons (Fsp3) is 0.360. The molecule has 4 heterocycles. The predicted octanol–water partition coefficient (Wildman–Crippen LogP) is 5.78. The predicted molar refractivity (Wildman–Crippen MR) is 126 cm³/mol. The standard InChI is InChI=1S/C25H28N4S/c1-5-19-15-30-25-27-23(21-11-8-9-13-26-21)24(29(19)25)20-14-17(3)28(18(20)4)22-12-7-6-10-16(22)2/h6-14,19,23-24H,5,15H2,1-4H3/t19-,23+,24+/m1/s1. The number of para-hydroxylation sites is 1. The molecule has 0 bridgehead atoms. The fourth-order valence-corrected chi connectivity index (χ4v) is 6.30. The van der Waals surface area contributed by atoms with Crippen molar-refractivity contribution < 1.29 is 0 Å². The van der Waals surface area contributed by atoms with E-state index in [9.17, 15) is 0 Å². The van der Waals surface area contributed by atoms with Crippen molar-refractivity contribution in [3.63, 3.8) is 0 Å². The third-order valence-corrected chi connectivity index (χ3v) is 7.60. The number of benzene rings is 1. The van der Waals surface area contributed by atoms with Gasteiger partial charge < -0.3 is 9.47 Å². The minimum absolute atomic E-state index is 0.0360. The number of thioether (sulfide) groups is 1. The number of fused-ring (bicyclic) bond motifs is 1. The molecule has 154 valence electrons. The van der Waals surface area contributed by atoms with Crippen molar-refractivity contribution in [3.8, 4) is 5.69 Å². The molecule has 2 aliphatic heterocycles. The highest BCUT2D eigenvalue weighted by Gasteiger charge is 2.46. The van der Waals surface area contributed by atoms with Gasteiger partial charge in [-0.3, -0.25) is 9.98 Å². The van der Waals surface area contributed by atoms with E-state index in [4.69, 9.17) is 9.98 Å². The number of aromatic nitrogens is 2. The van der Waals surface area contributed by atoms with Gasteiger partial charge in [0.15, 0.2) is 5.17 Å². The Bertz CT molecular complexity index is 1100. The van der Waals surface area contributed by atoms with Crippen LogP contribution in [-0.4, -0.2) is 31.4 Å². The first-order valence-electron chi connectivity index (χ1n) is 10.7. The zero-order valence-electron chi connectivity index (χ0n) is 18.0. The van der Waals surface area contributed by atoms with Crippen LogP contribution in [0.3, 0.4) is 0 Å². The van der Waals surface area contributed by atoms with Crippen molar-refractivity contribution in [1.29, 1.82) is 0 Å². The number of amidine groups is 1. The van der Waals surface area contributed by atoms with Crippen molar-refractivity contribution in [1.82, 2.24) is 14.5 Å². The molecule has 2 aliphatic rings. The van der Waals surface area contributed by atoms with Gasteiger partial charge in [0.1, 0.15) is 6.04 Å². The third kappa shape index (κ3) is 2.99. The molecule has 0 unspecified atom stereocenters. The normalized spacial score (nSPS) is 23.0. The Morgan fingerprint density at radius 2 is 1.87 bits per heavy atom. The lowest BCUT2D eigenvalue weighted by Gasteiger charge is -2.32. The fourth-order valence-electron chi connectivity index (χ4n) is 4.96.